The summed E-state index contributed by atoms with van der Waals surface area (Å²) in [6, 6.07) is 1.87. The molecule has 0 aromatic carbocycles. The molecule has 1 aliphatic carbocycles. The molecule has 0 amide bonds. The normalized spacial score (nSPS) is 13.2. The summed E-state index contributed by atoms with van der Waals surface area (Å²) in [7, 11) is 0. The van der Waals surface area contributed by atoms with Crippen LogP contribution in [0.15, 0.2) is 40.6 Å². The zero-order chi connectivity index (χ0) is 13.5. The number of hydrogen-bond acceptors (Lipinski definition) is 5. The molecule has 1 aliphatic rings. The molecule has 0 bridgehead atoms. The van der Waals surface area contributed by atoms with Gasteiger partial charge in [0.15, 0.2) is 0 Å². The van der Waals surface area contributed by atoms with Gasteiger partial charge in [0.2, 0.25) is 0 Å². The Morgan fingerprint density at radius 3 is 2.63 bits per heavy atom. The third kappa shape index (κ3) is 4.71. The third-order valence-corrected chi connectivity index (χ3v) is 3.25. The highest BCUT2D eigenvalue weighted by Gasteiger charge is 2.13. The highest BCUT2D eigenvalue weighted by molar-refractivity contribution is 7.07. The Bertz CT molecular complexity index is 500. The Labute approximate surface area is 115 Å². The van der Waals surface area contributed by atoms with Crippen LogP contribution in [0.1, 0.15) is 18.4 Å². The van der Waals surface area contributed by atoms with Gasteiger partial charge in [-0.15, -0.1) is 0 Å². The minimum atomic E-state index is -0.563. The Balaban J connectivity index is 1.64. The minimum absolute atomic E-state index is 0.198. The van der Waals surface area contributed by atoms with Gasteiger partial charge in [-0.3, -0.25) is 9.59 Å². The molecule has 1 aromatic heterocycles. The summed E-state index contributed by atoms with van der Waals surface area (Å²) in [4.78, 5) is 22.8. The third-order valence-electron chi connectivity index (χ3n) is 2.52. The van der Waals surface area contributed by atoms with Crippen molar-refractivity contribution >= 4 is 23.3 Å². The standard InChI is InChI=1S/C14H14O4S/c15-13(17-8-11-3-1-2-4-11)7-14(16)18-9-12-5-6-19-10-12/h1,3-6,10H,2,7-9H2. The maximum atomic E-state index is 11.4. The first-order valence-electron chi connectivity index (χ1n) is 5.92. The molecular formula is C14H14O4S. The van der Waals surface area contributed by atoms with Crippen LogP contribution in [0.3, 0.4) is 0 Å². The van der Waals surface area contributed by atoms with E-state index in [2.05, 4.69) is 0 Å². The predicted octanol–water partition coefficient (Wildman–Crippen LogP) is 2.61. The van der Waals surface area contributed by atoms with Crippen molar-refractivity contribution in [3.05, 3.63) is 46.2 Å². The van der Waals surface area contributed by atoms with E-state index in [1.807, 2.05) is 35.1 Å². The van der Waals surface area contributed by atoms with Crippen LogP contribution < -0.4 is 0 Å². The maximum absolute atomic E-state index is 11.4. The Morgan fingerprint density at radius 1 is 1.21 bits per heavy atom. The van der Waals surface area contributed by atoms with Crippen LogP contribution in [0.2, 0.25) is 0 Å². The quantitative estimate of drug-likeness (QED) is 0.593. The van der Waals surface area contributed by atoms with E-state index in [-0.39, 0.29) is 19.6 Å². The maximum Gasteiger partial charge on any atom is 0.317 e. The molecular weight excluding hydrogens is 264 g/mol. The fourth-order valence-corrected chi connectivity index (χ4v) is 2.19. The summed E-state index contributed by atoms with van der Waals surface area (Å²) < 4.78 is 9.94. The van der Waals surface area contributed by atoms with Gasteiger partial charge >= 0.3 is 11.9 Å². The first kappa shape index (κ1) is 13.5. The molecule has 0 saturated heterocycles. The highest BCUT2D eigenvalue weighted by atomic mass is 32.1. The highest BCUT2D eigenvalue weighted by Crippen LogP contribution is 2.10. The smallest absolute Gasteiger partial charge is 0.317 e. The first-order valence-corrected chi connectivity index (χ1v) is 6.86. The van der Waals surface area contributed by atoms with Gasteiger partial charge in [0, 0.05) is 5.56 Å². The average Bonchev–Trinajstić information content (AvgIpc) is 3.07. The molecule has 1 aromatic rings. The molecule has 0 N–H and O–H groups in total. The number of hydrogen-bond donors (Lipinski definition) is 0. The van der Waals surface area contributed by atoms with E-state index in [0.29, 0.717) is 0 Å². The van der Waals surface area contributed by atoms with Gasteiger partial charge in [0.1, 0.15) is 19.6 Å². The molecule has 2 rings (SSSR count). The number of rotatable bonds is 6. The monoisotopic (exact) mass is 278 g/mol. The van der Waals surface area contributed by atoms with Crippen molar-refractivity contribution in [2.45, 2.75) is 19.4 Å². The van der Waals surface area contributed by atoms with Crippen LogP contribution in [0.4, 0.5) is 0 Å². The van der Waals surface area contributed by atoms with Gasteiger partial charge < -0.3 is 9.47 Å². The van der Waals surface area contributed by atoms with Crippen molar-refractivity contribution in [1.82, 2.24) is 0 Å². The van der Waals surface area contributed by atoms with E-state index in [4.69, 9.17) is 9.47 Å². The summed E-state index contributed by atoms with van der Waals surface area (Å²) in [5, 5.41) is 3.80. The summed E-state index contributed by atoms with van der Waals surface area (Å²) in [6.45, 7) is 0.413. The number of carbonyl (C=O) groups excluding carboxylic acids is 2. The van der Waals surface area contributed by atoms with E-state index in [9.17, 15) is 9.59 Å². The molecule has 0 fully saturated rings. The molecule has 0 saturated carbocycles. The molecule has 5 heteroatoms. The SMILES string of the molecule is O=C(CC(=O)OCc1ccsc1)OCC1=CCC=C1. The van der Waals surface area contributed by atoms with Gasteiger partial charge in [-0.1, -0.05) is 18.2 Å². The zero-order valence-electron chi connectivity index (χ0n) is 10.3. The van der Waals surface area contributed by atoms with Gasteiger partial charge in [0.25, 0.3) is 0 Å². The molecule has 100 valence electrons. The fraction of sp³-hybridized carbons (Fsp3) is 0.286. The average molecular weight is 278 g/mol. The fourth-order valence-electron chi connectivity index (χ4n) is 1.54. The Hall–Kier alpha value is -1.88. The van der Waals surface area contributed by atoms with E-state index in [0.717, 1.165) is 17.6 Å². The molecule has 1 heterocycles. The van der Waals surface area contributed by atoms with Gasteiger partial charge in [0.05, 0.1) is 0 Å². The molecule has 0 spiro atoms. The van der Waals surface area contributed by atoms with Crippen LogP contribution in [0.25, 0.3) is 0 Å². The van der Waals surface area contributed by atoms with Crippen molar-refractivity contribution in [3.63, 3.8) is 0 Å². The number of esters is 2. The zero-order valence-corrected chi connectivity index (χ0v) is 11.2. The molecule has 0 aliphatic heterocycles. The summed E-state index contributed by atoms with van der Waals surface area (Å²) in [5.74, 6) is -1.12. The van der Waals surface area contributed by atoms with Crippen LogP contribution in [-0.2, 0) is 25.7 Å². The van der Waals surface area contributed by atoms with Crippen molar-refractivity contribution in [2.75, 3.05) is 6.61 Å². The lowest BCUT2D eigenvalue weighted by Crippen LogP contribution is -2.14. The van der Waals surface area contributed by atoms with E-state index in [1.165, 1.54) is 11.3 Å². The molecule has 0 unspecified atom stereocenters. The van der Waals surface area contributed by atoms with Crippen LogP contribution >= 0.6 is 11.3 Å². The van der Waals surface area contributed by atoms with Crippen LogP contribution in [-0.4, -0.2) is 18.5 Å². The second-order valence-corrected chi connectivity index (χ2v) is 4.83. The lowest BCUT2D eigenvalue weighted by Gasteiger charge is -2.05. The lowest BCUT2D eigenvalue weighted by molar-refractivity contribution is -0.154. The van der Waals surface area contributed by atoms with E-state index < -0.39 is 11.9 Å². The second-order valence-electron chi connectivity index (χ2n) is 4.05. The topological polar surface area (TPSA) is 52.6 Å². The van der Waals surface area contributed by atoms with Crippen molar-refractivity contribution < 1.29 is 19.1 Å². The van der Waals surface area contributed by atoms with Gasteiger partial charge in [-0.25, -0.2) is 0 Å². The number of thiophene rings is 1. The van der Waals surface area contributed by atoms with Crippen molar-refractivity contribution in [1.29, 1.82) is 0 Å². The second kappa shape index (κ2) is 6.89. The van der Waals surface area contributed by atoms with Crippen LogP contribution in [0, 0.1) is 0 Å². The van der Waals surface area contributed by atoms with E-state index in [1.54, 1.807) is 0 Å². The summed E-state index contributed by atoms with van der Waals surface area (Å²) in [5.41, 5.74) is 1.88. The number of allylic oxidation sites excluding steroid dienone is 2. The van der Waals surface area contributed by atoms with Crippen molar-refractivity contribution in [2.24, 2.45) is 0 Å². The largest absolute Gasteiger partial charge is 0.460 e. The predicted molar refractivity (Wildman–Crippen MR) is 71.5 cm³/mol. The Morgan fingerprint density at radius 2 is 2.00 bits per heavy atom. The molecule has 4 nitrogen and oxygen atoms in total. The molecule has 0 atom stereocenters. The first-order chi connectivity index (χ1) is 9.24. The van der Waals surface area contributed by atoms with E-state index >= 15 is 0 Å². The lowest BCUT2D eigenvalue weighted by atomic mass is 10.3. The Kier molecular flexibility index (Phi) is 4.92. The minimum Gasteiger partial charge on any atom is -0.460 e. The molecule has 0 radical (unpaired) electrons. The van der Waals surface area contributed by atoms with Gasteiger partial charge in [-0.05, 0) is 28.8 Å². The summed E-state index contributed by atoms with van der Waals surface area (Å²) in [6.07, 6.45) is 6.39. The van der Waals surface area contributed by atoms with Gasteiger partial charge in [-0.2, -0.15) is 11.3 Å². The summed E-state index contributed by atoms with van der Waals surface area (Å²) >= 11 is 1.53. The van der Waals surface area contributed by atoms with Crippen molar-refractivity contribution in [3.8, 4) is 0 Å². The molecule has 19 heavy (non-hydrogen) atoms. The number of ether oxygens (including phenoxy) is 2. The number of carbonyl (C=O) groups is 2. The van der Waals surface area contributed by atoms with Crippen LogP contribution in [0.5, 0.6) is 0 Å².